The Bertz CT molecular complexity index is 869. The molecule has 1 aliphatic rings. The minimum atomic E-state index is -3.64. The molecule has 3 rings (SSSR count). The molecule has 0 unspecified atom stereocenters. The Morgan fingerprint density at radius 1 is 1.19 bits per heavy atom. The summed E-state index contributed by atoms with van der Waals surface area (Å²) in [6, 6.07) is 4.76. The molecule has 1 fully saturated rings. The van der Waals surface area contributed by atoms with Crippen LogP contribution in [0.15, 0.2) is 35.5 Å². The number of aromatic nitrogens is 2. The standard InChI is InChI=1S/C17H19ClFN3O3S/c1-11-2-3-12(18)8-16(11)26(23,24)22-14-4-6-15(7-5-14)25-17-20-9-13(19)10-21-17/h2-3,8-10,14-15,22H,4-7H2,1H3. The summed E-state index contributed by atoms with van der Waals surface area (Å²) in [5.41, 5.74) is 0.646. The van der Waals surface area contributed by atoms with Gasteiger partial charge in [-0.25, -0.2) is 27.5 Å². The molecule has 1 heterocycles. The van der Waals surface area contributed by atoms with Crippen molar-refractivity contribution in [3.05, 3.63) is 47.0 Å². The van der Waals surface area contributed by atoms with Crippen molar-refractivity contribution < 1.29 is 17.5 Å². The van der Waals surface area contributed by atoms with E-state index in [2.05, 4.69) is 14.7 Å². The quantitative estimate of drug-likeness (QED) is 0.834. The number of aryl methyl sites for hydroxylation is 1. The number of sulfonamides is 1. The van der Waals surface area contributed by atoms with Crippen LogP contribution in [-0.2, 0) is 10.0 Å². The van der Waals surface area contributed by atoms with E-state index >= 15 is 0 Å². The summed E-state index contributed by atoms with van der Waals surface area (Å²) in [4.78, 5) is 7.75. The molecule has 0 bridgehead atoms. The maximum Gasteiger partial charge on any atom is 0.316 e. The lowest BCUT2D eigenvalue weighted by Gasteiger charge is -2.28. The fraction of sp³-hybridized carbons (Fsp3) is 0.412. The first kappa shape index (κ1) is 19.0. The van der Waals surface area contributed by atoms with E-state index in [-0.39, 0.29) is 23.1 Å². The third-order valence-corrected chi connectivity index (χ3v) is 6.20. The Labute approximate surface area is 156 Å². The molecular weight excluding hydrogens is 381 g/mol. The monoisotopic (exact) mass is 399 g/mol. The van der Waals surface area contributed by atoms with E-state index in [1.54, 1.807) is 19.1 Å². The highest BCUT2D eigenvalue weighted by atomic mass is 35.5. The second-order valence-electron chi connectivity index (χ2n) is 6.31. The summed E-state index contributed by atoms with van der Waals surface area (Å²) in [7, 11) is -3.64. The van der Waals surface area contributed by atoms with E-state index in [1.807, 2.05) is 0 Å². The molecule has 9 heteroatoms. The summed E-state index contributed by atoms with van der Waals surface area (Å²) in [5.74, 6) is -0.522. The van der Waals surface area contributed by atoms with E-state index in [1.165, 1.54) is 6.07 Å². The van der Waals surface area contributed by atoms with Gasteiger partial charge in [0.2, 0.25) is 10.0 Å². The zero-order valence-electron chi connectivity index (χ0n) is 14.2. The number of nitrogens with one attached hydrogen (secondary N) is 1. The van der Waals surface area contributed by atoms with Crippen molar-refractivity contribution in [1.82, 2.24) is 14.7 Å². The van der Waals surface area contributed by atoms with E-state index in [4.69, 9.17) is 16.3 Å². The smallest absolute Gasteiger partial charge is 0.316 e. The summed E-state index contributed by atoms with van der Waals surface area (Å²) in [6.45, 7) is 1.73. The summed E-state index contributed by atoms with van der Waals surface area (Å²) < 4.78 is 46.4. The lowest BCUT2D eigenvalue weighted by molar-refractivity contribution is 0.132. The molecule has 0 spiro atoms. The second kappa shape index (κ2) is 7.85. The van der Waals surface area contributed by atoms with Gasteiger partial charge < -0.3 is 4.74 Å². The lowest BCUT2D eigenvalue weighted by Crippen LogP contribution is -2.40. The van der Waals surface area contributed by atoms with Crippen LogP contribution in [0.1, 0.15) is 31.2 Å². The van der Waals surface area contributed by atoms with Gasteiger partial charge in [0, 0.05) is 11.1 Å². The molecular formula is C17H19ClFN3O3S. The highest BCUT2D eigenvalue weighted by molar-refractivity contribution is 7.89. The molecule has 1 N–H and O–H groups in total. The van der Waals surface area contributed by atoms with Gasteiger partial charge in [0.05, 0.1) is 17.3 Å². The Balaban J connectivity index is 1.58. The molecule has 0 saturated heterocycles. The van der Waals surface area contributed by atoms with Crippen LogP contribution in [-0.4, -0.2) is 30.5 Å². The van der Waals surface area contributed by atoms with Crippen LogP contribution in [0.4, 0.5) is 4.39 Å². The number of rotatable bonds is 5. The van der Waals surface area contributed by atoms with Crippen molar-refractivity contribution in [3.63, 3.8) is 0 Å². The largest absolute Gasteiger partial charge is 0.460 e. The van der Waals surface area contributed by atoms with E-state index in [0.717, 1.165) is 12.4 Å². The molecule has 140 valence electrons. The minimum absolute atomic E-state index is 0.117. The first-order valence-corrected chi connectivity index (χ1v) is 10.1. The summed E-state index contributed by atoms with van der Waals surface area (Å²) >= 11 is 5.93. The van der Waals surface area contributed by atoms with Gasteiger partial charge in [-0.05, 0) is 50.3 Å². The van der Waals surface area contributed by atoms with Gasteiger partial charge in [-0.3, -0.25) is 0 Å². The molecule has 0 amide bonds. The Kier molecular flexibility index (Phi) is 5.74. The van der Waals surface area contributed by atoms with Crippen LogP contribution in [0.3, 0.4) is 0 Å². The van der Waals surface area contributed by atoms with Crippen molar-refractivity contribution in [2.75, 3.05) is 0 Å². The van der Waals surface area contributed by atoms with Crippen LogP contribution in [0.25, 0.3) is 0 Å². The average molecular weight is 400 g/mol. The van der Waals surface area contributed by atoms with Gasteiger partial charge in [0.15, 0.2) is 5.82 Å². The number of ether oxygens (including phenoxy) is 1. The van der Waals surface area contributed by atoms with Crippen molar-refractivity contribution >= 4 is 21.6 Å². The Morgan fingerprint density at radius 2 is 1.85 bits per heavy atom. The zero-order valence-corrected chi connectivity index (χ0v) is 15.7. The predicted octanol–water partition coefficient (Wildman–Crippen LogP) is 3.25. The number of nitrogens with zero attached hydrogens (tertiary/aromatic N) is 2. The van der Waals surface area contributed by atoms with Crippen LogP contribution in [0.2, 0.25) is 5.02 Å². The molecule has 1 saturated carbocycles. The first-order chi connectivity index (χ1) is 12.3. The Morgan fingerprint density at radius 3 is 2.50 bits per heavy atom. The van der Waals surface area contributed by atoms with Crippen molar-refractivity contribution in [2.45, 2.75) is 49.6 Å². The zero-order chi connectivity index (χ0) is 18.7. The van der Waals surface area contributed by atoms with Gasteiger partial charge in [0.1, 0.15) is 6.10 Å². The van der Waals surface area contributed by atoms with Gasteiger partial charge in [-0.15, -0.1) is 0 Å². The molecule has 1 aromatic carbocycles. The molecule has 0 atom stereocenters. The predicted molar refractivity (Wildman–Crippen MR) is 95.2 cm³/mol. The minimum Gasteiger partial charge on any atom is -0.460 e. The first-order valence-electron chi connectivity index (χ1n) is 8.26. The maximum absolute atomic E-state index is 12.8. The van der Waals surface area contributed by atoms with Gasteiger partial charge in [-0.2, -0.15) is 0 Å². The lowest BCUT2D eigenvalue weighted by atomic mass is 9.94. The van der Waals surface area contributed by atoms with Gasteiger partial charge >= 0.3 is 6.01 Å². The number of hydrogen-bond donors (Lipinski definition) is 1. The summed E-state index contributed by atoms with van der Waals surface area (Å²) in [5, 5.41) is 0.382. The van der Waals surface area contributed by atoms with E-state index in [9.17, 15) is 12.8 Å². The highest BCUT2D eigenvalue weighted by Gasteiger charge is 2.28. The van der Waals surface area contributed by atoms with Crippen LogP contribution < -0.4 is 9.46 Å². The second-order valence-corrected chi connectivity index (χ2v) is 8.43. The van der Waals surface area contributed by atoms with Gasteiger partial charge in [-0.1, -0.05) is 17.7 Å². The highest BCUT2D eigenvalue weighted by Crippen LogP contribution is 2.25. The molecule has 0 radical (unpaired) electrons. The van der Waals surface area contributed by atoms with E-state index in [0.29, 0.717) is 36.3 Å². The number of hydrogen-bond acceptors (Lipinski definition) is 5. The fourth-order valence-electron chi connectivity index (χ4n) is 2.96. The van der Waals surface area contributed by atoms with Crippen molar-refractivity contribution in [2.24, 2.45) is 0 Å². The topological polar surface area (TPSA) is 81.2 Å². The third kappa shape index (κ3) is 4.69. The SMILES string of the molecule is Cc1ccc(Cl)cc1S(=O)(=O)NC1CCC(Oc2ncc(F)cn2)CC1. The molecule has 26 heavy (non-hydrogen) atoms. The molecule has 0 aliphatic heterocycles. The normalized spacial score (nSPS) is 20.7. The maximum atomic E-state index is 12.8. The molecule has 2 aromatic rings. The molecule has 1 aliphatic carbocycles. The summed E-state index contributed by atoms with van der Waals surface area (Å²) in [6.07, 6.45) is 4.56. The van der Waals surface area contributed by atoms with Crippen molar-refractivity contribution in [3.8, 4) is 6.01 Å². The fourth-order valence-corrected chi connectivity index (χ4v) is 4.77. The van der Waals surface area contributed by atoms with Crippen LogP contribution in [0.5, 0.6) is 6.01 Å². The molecule has 1 aromatic heterocycles. The number of halogens is 2. The van der Waals surface area contributed by atoms with E-state index < -0.39 is 15.8 Å². The number of benzene rings is 1. The Hall–Kier alpha value is -1.77. The third-order valence-electron chi connectivity index (χ3n) is 4.30. The van der Waals surface area contributed by atoms with Gasteiger partial charge in [0.25, 0.3) is 0 Å². The average Bonchev–Trinajstić information content (AvgIpc) is 2.60. The molecule has 6 nitrogen and oxygen atoms in total. The van der Waals surface area contributed by atoms with Crippen LogP contribution in [0, 0.1) is 12.7 Å². The van der Waals surface area contributed by atoms with Crippen LogP contribution >= 0.6 is 11.6 Å². The van der Waals surface area contributed by atoms with Crippen molar-refractivity contribution in [1.29, 1.82) is 0 Å².